The summed E-state index contributed by atoms with van der Waals surface area (Å²) in [6.45, 7) is 2.14. The fourth-order valence-corrected chi connectivity index (χ4v) is 4.72. The number of ether oxygens (including phenoxy) is 1. The van der Waals surface area contributed by atoms with Crippen molar-refractivity contribution in [2.45, 2.75) is 50.5 Å². The van der Waals surface area contributed by atoms with Gasteiger partial charge in [0.2, 0.25) is 5.91 Å². The number of carbonyl (C=O) groups excluding carboxylic acids is 2. The highest BCUT2D eigenvalue weighted by atomic mass is 16.5. The third-order valence-corrected chi connectivity index (χ3v) is 6.84. The predicted octanol–water partition coefficient (Wildman–Crippen LogP) is 4.06. The molecule has 7 nitrogen and oxygen atoms in total. The van der Waals surface area contributed by atoms with Crippen LogP contribution >= 0.6 is 0 Å². The number of alkyl carbamates (subject to hydrolysis) is 1. The Bertz CT molecular complexity index is 1000. The summed E-state index contributed by atoms with van der Waals surface area (Å²) in [5, 5.41) is 14.6. The number of carbonyl (C=O) groups is 3. The molecule has 0 aliphatic heterocycles. The Morgan fingerprint density at radius 1 is 1.06 bits per heavy atom. The van der Waals surface area contributed by atoms with Gasteiger partial charge in [0, 0.05) is 18.9 Å². The van der Waals surface area contributed by atoms with Crippen molar-refractivity contribution in [1.29, 1.82) is 0 Å². The van der Waals surface area contributed by atoms with Crippen LogP contribution in [0.3, 0.4) is 0 Å². The molecular weight excluding hydrogens is 420 g/mol. The fraction of sp³-hybridized carbons (Fsp3) is 0.423. The molecule has 1 unspecified atom stereocenters. The van der Waals surface area contributed by atoms with Crippen LogP contribution in [0.2, 0.25) is 0 Å². The molecule has 1 atom stereocenters. The molecule has 2 aliphatic rings. The average Bonchev–Trinajstić information content (AvgIpc) is 3.10. The normalized spacial score (nSPS) is 16.6. The molecule has 174 valence electrons. The van der Waals surface area contributed by atoms with Crippen LogP contribution in [-0.4, -0.2) is 41.8 Å². The van der Waals surface area contributed by atoms with Crippen molar-refractivity contribution in [3.8, 4) is 11.1 Å². The summed E-state index contributed by atoms with van der Waals surface area (Å²) >= 11 is 0. The van der Waals surface area contributed by atoms with Gasteiger partial charge in [-0.3, -0.25) is 9.59 Å². The van der Waals surface area contributed by atoms with E-state index in [1.54, 1.807) is 6.92 Å². The highest BCUT2D eigenvalue weighted by Gasteiger charge is 2.41. The number of aliphatic carboxylic acids is 1. The van der Waals surface area contributed by atoms with E-state index < -0.39 is 23.5 Å². The number of fused-ring (bicyclic) bond motifs is 3. The first-order valence-electron chi connectivity index (χ1n) is 11.5. The third kappa shape index (κ3) is 5.02. The van der Waals surface area contributed by atoms with E-state index in [-0.39, 0.29) is 24.9 Å². The second kappa shape index (κ2) is 9.65. The van der Waals surface area contributed by atoms with Gasteiger partial charge >= 0.3 is 12.1 Å². The van der Waals surface area contributed by atoms with Crippen LogP contribution in [0.1, 0.15) is 56.1 Å². The van der Waals surface area contributed by atoms with Crippen LogP contribution in [0, 0.1) is 5.92 Å². The Kier molecular flexibility index (Phi) is 6.67. The molecule has 4 rings (SSSR count). The van der Waals surface area contributed by atoms with Gasteiger partial charge < -0.3 is 20.5 Å². The lowest BCUT2D eigenvalue weighted by molar-refractivity contribution is -0.141. The Balaban J connectivity index is 1.31. The SMILES string of the molecule is CC(CCNC(=O)CC1(NC(=O)OCC2c3ccccc3-c3ccccc32)CCC1)C(=O)O. The number of hydrogen-bond donors (Lipinski definition) is 3. The zero-order valence-electron chi connectivity index (χ0n) is 18.8. The van der Waals surface area contributed by atoms with E-state index in [1.807, 2.05) is 24.3 Å². The van der Waals surface area contributed by atoms with Gasteiger partial charge in [-0.15, -0.1) is 0 Å². The van der Waals surface area contributed by atoms with Crippen LogP contribution < -0.4 is 10.6 Å². The molecule has 2 aromatic rings. The van der Waals surface area contributed by atoms with E-state index in [9.17, 15) is 14.4 Å². The van der Waals surface area contributed by atoms with Crippen molar-refractivity contribution >= 4 is 18.0 Å². The Labute approximate surface area is 193 Å². The summed E-state index contributed by atoms with van der Waals surface area (Å²) in [4.78, 5) is 35.9. The van der Waals surface area contributed by atoms with Crippen molar-refractivity contribution in [3.05, 3.63) is 59.7 Å². The first kappa shape index (κ1) is 22.8. The molecule has 0 heterocycles. The number of carboxylic acids is 1. The van der Waals surface area contributed by atoms with Gasteiger partial charge in [0.1, 0.15) is 6.61 Å². The first-order valence-corrected chi connectivity index (χ1v) is 11.5. The topological polar surface area (TPSA) is 105 Å². The highest BCUT2D eigenvalue weighted by molar-refractivity contribution is 5.80. The van der Waals surface area contributed by atoms with Crippen molar-refractivity contribution in [2.75, 3.05) is 13.2 Å². The van der Waals surface area contributed by atoms with Gasteiger partial charge in [0.25, 0.3) is 0 Å². The lowest BCUT2D eigenvalue weighted by Crippen LogP contribution is -2.56. The minimum absolute atomic E-state index is 0.0139. The molecular formula is C26H30N2O5. The Morgan fingerprint density at radius 2 is 1.67 bits per heavy atom. The second-order valence-corrected chi connectivity index (χ2v) is 9.14. The zero-order valence-corrected chi connectivity index (χ0v) is 18.8. The van der Waals surface area contributed by atoms with Gasteiger partial charge in [-0.1, -0.05) is 55.5 Å². The van der Waals surface area contributed by atoms with Crippen LogP contribution in [-0.2, 0) is 14.3 Å². The largest absolute Gasteiger partial charge is 0.481 e. The average molecular weight is 451 g/mol. The maximum atomic E-state index is 12.7. The quantitative estimate of drug-likeness (QED) is 0.534. The summed E-state index contributed by atoms with van der Waals surface area (Å²) in [7, 11) is 0. The molecule has 0 bridgehead atoms. The number of amides is 2. The predicted molar refractivity (Wildman–Crippen MR) is 124 cm³/mol. The number of rotatable bonds is 9. The summed E-state index contributed by atoms with van der Waals surface area (Å²) < 4.78 is 5.64. The van der Waals surface area contributed by atoms with Gasteiger partial charge in [-0.2, -0.15) is 0 Å². The van der Waals surface area contributed by atoms with Crippen LogP contribution in [0.5, 0.6) is 0 Å². The Hall–Kier alpha value is -3.35. The molecule has 7 heteroatoms. The van der Waals surface area contributed by atoms with Gasteiger partial charge in [0.15, 0.2) is 0 Å². The van der Waals surface area contributed by atoms with Crippen LogP contribution in [0.4, 0.5) is 4.79 Å². The van der Waals surface area contributed by atoms with Crippen molar-refractivity contribution < 1.29 is 24.2 Å². The lowest BCUT2D eigenvalue weighted by Gasteiger charge is -2.41. The molecule has 0 radical (unpaired) electrons. The molecule has 0 spiro atoms. The molecule has 2 aliphatic carbocycles. The van der Waals surface area contributed by atoms with Gasteiger partial charge in [0.05, 0.1) is 11.5 Å². The second-order valence-electron chi connectivity index (χ2n) is 9.14. The molecule has 0 saturated heterocycles. The van der Waals surface area contributed by atoms with E-state index in [0.29, 0.717) is 13.0 Å². The number of benzene rings is 2. The van der Waals surface area contributed by atoms with Crippen molar-refractivity contribution in [1.82, 2.24) is 10.6 Å². The number of nitrogens with one attached hydrogen (secondary N) is 2. The maximum Gasteiger partial charge on any atom is 0.407 e. The lowest BCUT2D eigenvalue weighted by atomic mass is 9.74. The smallest absolute Gasteiger partial charge is 0.407 e. The summed E-state index contributed by atoms with van der Waals surface area (Å²) in [5.41, 5.74) is 4.06. The third-order valence-electron chi connectivity index (χ3n) is 6.84. The highest BCUT2D eigenvalue weighted by Crippen LogP contribution is 2.44. The molecule has 3 N–H and O–H groups in total. The molecule has 33 heavy (non-hydrogen) atoms. The molecule has 2 amide bonds. The minimum atomic E-state index is -0.878. The van der Waals surface area contributed by atoms with E-state index in [0.717, 1.165) is 30.4 Å². The summed E-state index contributed by atoms with van der Waals surface area (Å²) in [5.74, 6) is -1.59. The van der Waals surface area contributed by atoms with Gasteiger partial charge in [-0.25, -0.2) is 4.79 Å². The molecule has 1 saturated carbocycles. The monoisotopic (exact) mass is 450 g/mol. The van der Waals surface area contributed by atoms with E-state index in [2.05, 4.69) is 34.9 Å². The van der Waals surface area contributed by atoms with E-state index in [4.69, 9.17) is 9.84 Å². The van der Waals surface area contributed by atoms with Crippen LogP contribution in [0.25, 0.3) is 11.1 Å². The minimum Gasteiger partial charge on any atom is -0.481 e. The van der Waals surface area contributed by atoms with E-state index in [1.165, 1.54) is 11.1 Å². The van der Waals surface area contributed by atoms with Gasteiger partial charge in [-0.05, 0) is 47.9 Å². The summed E-state index contributed by atoms with van der Waals surface area (Å²) in [6.07, 6.45) is 2.40. The van der Waals surface area contributed by atoms with Crippen molar-refractivity contribution in [3.63, 3.8) is 0 Å². The fourth-order valence-electron chi connectivity index (χ4n) is 4.72. The molecule has 0 aromatic heterocycles. The molecule has 1 fully saturated rings. The van der Waals surface area contributed by atoms with Crippen LogP contribution in [0.15, 0.2) is 48.5 Å². The van der Waals surface area contributed by atoms with Crippen molar-refractivity contribution in [2.24, 2.45) is 5.92 Å². The van der Waals surface area contributed by atoms with E-state index >= 15 is 0 Å². The Morgan fingerprint density at radius 3 is 2.21 bits per heavy atom. The first-order chi connectivity index (χ1) is 15.9. The number of hydrogen-bond acceptors (Lipinski definition) is 4. The molecule has 2 aromatic carbocycles. The standard InChI is InChI=1S/C26H30N2O5/c1-17(24(30)31)11-14-27-23(29)15-26(12-6-13-26)28-25(32)33-16-22-20-9-4-2-7-18(20)19-8-3-5-10-21(19)22/h2-5,7-10,17,22H,6,11-16H2,1H3,(H,27,29)(H,28,32)(H,30,31). The summed E-state index contributed by atoms with van der Waals surface area (Å²) in [6, 6.07) is 16.3. The maximum absolute atomic E-state index is 12.7. The zero-order chi connectivity index (χ0) is 23.4. The number of carboxylic acid groups (broad SMARTS) is 1.